The fourth-order valence-corrected chi connectivity index (χ4v) is 1.33. The molecule has 0 aromatic rings. The molecule has 0 aromatic heterocycles. The highest BCUT2D eigenvalue weighted by Gasteiger charge is 2.14. The molecule has 0 heterocycles. The lowest BCUT2D eigenvalue weighted by atomic mass is 9.83. The molecule has 0 unspecified atom stereocenters. The molecule has 0 aliphatic carbocycles. The van der Waals surface area contributed by atoms with Crippen LogP contribution in [-0.2, 0) is 0 Å². The van der Waals surface area contributed by atoms with Crippen LogP contribution in [0.4, 0.5) is 0 Å². The van der Waals surface area contributed by atoms with Crippen LogP contribution in [0.2, 0.25) is 0 Å². The predicted molar refractivity (Wildman–Crippen MR) is 52.6 cm³/mol. The minimum atomic E-state index is 0.283. The van der Waals surface area contributed by atoms with Gasteiger partial charge in [0.05, 0.1) is 0 Å². The maximum Gasteiger partial charge on any atom is -0.0133 e. The number of allylic oxidation sites excluding steroid dienone is 4. The van der Waals surface area contributed by atoms with Crippen LogP contribution in [0.3, 0.4) is 0 Å². The van der Waals surface area contributed by atoms with Gasteiger partial charge in [0.1, 0.15) is 0 Å². The molecule has 0 aliphatic rings. The molecule has 0 saturated carbocycles. The Morgan fingerprint density at radius 2 is 1.55 bits per heavy atom. The van der Waals surface area contributed by atoms with Crippen LogP contribution in [0.5, 0.6) is 0 Å². The lowest BCUT2D eigenvalue weighted by molar-refractivity contribution is 0.512. The van der Waals surface area contributed by atoms with Gasteiger partial charge in [-0.3, -0.25) is 0 Å². The molecule has 0 heteroatoms. The zero-order valence-electron chi connectivity index (χ0n) is 8.65. The lowest BCUT2D eigenvalue weighted by Gasteiger charge is -2.22. The zero-order chi connectivity index (χ0) is 9.07. The second-order valence-corrected chi connectivity index (χ2v) is 4.16. The first kappa shape index (κ1) is 10.5. The molecule has 0 nitrogen and oxygen atoms in total. The van der Waals surface area contributed by atoms with Crippen molar-refractivity contribution in [2.75, 3.05) is 0 Å². The Morgan fingerprint density at radius 3 is 1.64 bits per heavy atom. The fraction of sp³-hybridized carbons (Fsp3) is 0.636. The van der Waals surface area contributed by atoms with Gasteiger partial charge in [0.2, 0.25) is 0 Å². The van der Waals surface area contributed by atoms with Crippen molar-refractivity contribution in [3.05, 3.63) is 23.3 Å². The van der Waals surface area contributed by atoms with Crippen molar-refractivity contribution in [3.8, 4) is 0 Å². The SMILES string of the molecule is CC=CC(=C(C)C)C(C)(C)C. The van der Waals surface area contributed by atoms with Crippen LogP contribution in [0.1, 0.15) is 41.5 Å². The summed E-state index contributed by atoms with van der Waals surface area (Å²) in [5.41, 5.74) is 3.14. The Morgan fingerprint density at radius 1 is 1.09 bits per heavy atom. The highest BCUT2D eigenvalue weighted by Crippen LogP contribution is 2.28. The van der Waals surface area contributed by atoms with Gasteiger partial charge in [-0.15, -0.1) is 0 Å². The smallest absolute Gasteiger partial charge is 0.0133 e. The molecular weight excluding hydrogens is 132 g/mol. The zero-order valence-corrected chi connectivity index (χ0v) is 8.65. The van der Waals surface area contributed by atoms with Gasteiger partial charge >= 0.3 is 0 Å². The van der Waals surface area contributed by atoms with E-state index in [-0.39, 0.29) is 5.41 Å². The topological polar surface area (TPSA) is 0 Å². The summed E-state index contributed by atoms with van der Waals surface area (Å²) in [5, 5.41) is 0. The van der Waals surface area contributed by atoms with Gasteiger partial charge in [0, 0.05) is 0 Å². The maximum absolute atomic E-state index is 2.25. The molecule has 0 spiro atoms. The second kappa shape index (κ2) is 3.75. The van der Waals surface area contributed by atoms with E-state index in [1.807, 2.05) is 0 Å². The summed E-state index contributed by atoms with van der Waals surface area (Å²) in [6.07, 6.45) is 4.31. The predicted octanol–water partition coefficient (Wildman–Crippen LogP) is 3.95. The van der Waals surface area contributed by atoms with Gasteiger partial charge in [-0.1, -0.05) is 38.5 Å². The van der Waals surface area contributed by atoms with E-state index in [0.29, 0.717) is 0 Å². The third-order valence-corrected chi connectivity index (χ3v) is 1.68. The van der Waals surface area contributed by atoms with Gasteiger partial charge in [0.15, 0.2) is 0 Å². The summed E-state index contributed by atoms with van der Waals surface area (Å²) >= 11 is 0. The van der Waals surface area contributed by atoms with Crippen molar-refractivity contribution in [2.45, 2.75) is 41.5 Å². The minimum absolute atomic E-state index is 0.283. The highest BCUT2D eigenvalue weighted by atomic mass is 14.2. The molecular formula is C11H20. The van der Waals surface area contributed by atoms with Crippen molar-refractivity contribution in [1.29, 1.82) is 0 Å². The Bertz CT molecular complexity index is 171. The first-order valence-corrected chi connectivity index (χ1v) is 4.20. The average molecular weight is 152 g/mol. The summed E-state index contributed by atoms with van der Waals surface area (Å²) in [5.74, 6) is 0. The Labute approximate surface area is 71.0 Å². The van der Waals surface area contributed by atoms with Gasteiger partial charge in [-0.25, -0.2) is 0 Å². The second-order valence-electron chi connectivity index (χ2n) is 4.16. The van der Waals surface area contributed by atoms with E-state index in [4.69, 9.17) is 0 Å². The van der Waals surface area contributed by atoms with E-state index in [9.17, 15) is 0 Å². The Kier molecular flexibility index (Phi) is 3.57. The van der Waals surface area contributed by atoms with Gasteiger partial charge < -0.3 is 0 Å². The van der Waals surface area contributed by atoms with Crippen LogP contribution in [0.25, 0.3) is 0 Å². The van der Waals surface area contributed by atoms with Gasteiger partial charge in [-0.2, -0.15) is 0 Å². The molecule has 0 amide bonds. The first-order chi connectivity index (χ1) is 4.89. The number of hydrogen-bond acceptors (Lipinski definition) is 0. The molecule has 0 fully saturated rings. The van der Waals surface area contributed by atoms with Crippen LogP contribution in [-0.4, -0.2) is 0 Å². The van der Waals surface area contributed by atoms with Gasteiger partial charge in [-0.05, 0) is 31.8 Å². The standard InChI is InChI=1S/C11H20/c1-7-8-10(9(2)3)11(4,5)6/h7-8H,1-6H3. The quantitative estimate of drug-likeness (QED) is 0.499. The lowest BCUT2D eigenvalue weighted by Crippen LogP contribution is -2.08. The van der Waals surface area contributed by atoms with Crippen molar-refractivity contribution >= 4 is 0 Å². The van der Waals surface area contributed by atoms with E-state index in [1.165, 1.54) is 11.1 Å². The van der Waals surface area contributed by atoms with E-state index in [1.54, 1.807) is 0 Å². The van der Waals surface area contributed by atoms with Crippen LogP contribution in [0.15, 0.2) is 23.3 Å². The summed E-state index contributed by atoms with van der Waals surface area (Å²) in [4.78, 5) is 0. The molecule has 0 atom stereocenters. The van der Waals surface area contributed by atoms with E-state index >= 15 is 0 Å². The number of rotatable bonds is 1. The summed E-state index contributed by atoms with van der Waals surface area (Å²) in [7, 11) is 0. The van der Waals surface area contributed by atoms with Crippen molar-refractivity contribution in [2.24, 2.45) is 5.41 Å². The van der Waals surface area contributed by atoms with E-state index < -0.39 is 0 Å². The van der Waals surface area contributed by atoms with Crippen LogP contribution in [0, 0.1) is 5.41 Å². The van der Waals surface area contributed by atoms with E-state index in [2.05, 4.69) is 53.7 Å². The molecule has 11 heavy (non-hydrogen) atoms. The fourth-order valence-electron chi connectivity index (χ4n) is 1.33. The maximum atomic E-state index is 2.25. The van der Waals surface area contributed by atoms with Crippen molar-refractivity contribution < 1.29 is 0 Å². The first-order valence-electron chi connectivity index (χ1n) is 4.20. The van der Waals surface area contributed by atoms with Crippen molar-refractivity contribution in [1.82, 2.24) is 0 Å². The highest BCUT2D eigenvalue weighted by molar-refractivity contribution is 5.28. The minimum Gasteiger partial charge on any atom is -0.0874 e. The molecule has 0 saturated heterocycles. The molecule has 0 radical (unpaired) electrons. The molecule has 0 aliphatic heterocycles. The van der Waals surface area contributed by atoms with Crippen LogP contribution >= 0.6 is 0 Å². The molecule has 0 rings (SSSR count). The summed E-state index contributed by atoms with van der Waals surface area (Å²) in [6.45, 7) is 13.1. The molecule has 0 bridgehead atoms. The normalized spacial score (nSPS) is 12.2. The third-order valence-electron chi connectivity index (χ3n) is 1.68. The largest absolute Gasteiger partial charge is 0.0874 e. The Balaban J connectivity index is 4.79. The van der Waals surface area contributed by atoms with Crippen LogP contribution < -0.4 is 0 Å². The molecule has 0 aromatic carbocycles. The summed E-state index contributed by atoms with van der Waals surface area (Å²) < 4.78 is 0. The average Bonchev–Trinajstić information content (AvgIpc) is 1.79. The monoisotopic (exact) mass is 152 g/mol. The van der Waals surface area contributed by atoms with Crippen molar-refractivity contribution in [3.63, 3.8) is 0 Å². The molecule has 64 valence electrons. The third kappa shape index (κ3) is 3.41. The van der Waals surface area contributed by atoms with E-state index in [0.717, 1.165) is 0 Å². The van der Waals surface area contributed by atoms with Gasteiger partial charge in [0.25, 0.3) is 0 Å². The Hall–Kier alpha value is -0.520. The summed E-state index contributed by atoms with van der Waals surface area (Å²) in [6, 6.07) is 0. The number of hydrogen-bond donors (Lipinski definition) is 0. The molecule has 0 N–H and O–H groups in total.